The first-order valence-electron chi connectivity index (χ1n) is 12.9. The van der Waals surface area contributed by atoms with Crippen molar-refractivity contribution in [3.63, 3.8) is 0 Å². The number of carboxylic acids is 3. The Balaban J connectivity index is 0. The number of aromatic carboxylic acids is 3. The van der Waals surface area contributed by atoms with Gasteiger partial charge in [0, 0.05) is 39.2 Å². The Morgan fingerprint density at radius 2 is 1.16 bits per heavy atom. The molecule has 3 aromatic heterocycles. The second-order valence-electron chi connectivity index (χ2n) is 8.30. The molecule has 1 amide bonds. The van der Waals surface area contributed by atoms with Crippen molar-refractivity contribution in [3.8, 4) is 6.07 Å². The lowest BCUT2D eigenvalue weighted by Gasteiger charge is -2.07. The molecule has 17 nitrogen and oxygen atoms in total. The van der Waals surface area contributed by atoms with Crippen LogP contribution in [0.3, 0.4) is 0 Å². The fourth-order valence-electron chi connectivity index (χ4n) is 2.37. The first-order chi connectivity index (χ1) is 23.6. The molecule has 276 valence electrons. The number of esters is 2. The number of halogens is 6. The van der Waals surface area contributed by atoms with Crippen LogP contribution in [0.1, 0.15) is 55.1 Å². The van der Waals surface area contributed by atoms with Gasteiger partial charge in [0.25, 0.3) is 0 Å². The summed E-state index contributed by atoms with van der Waals surface area (Å²) < 4.78 is 72.2. The van der Waals surface area contributed by atoms with Crippen LogP contribution in [0.5, 0.6) is 0 Å². The van der Waals surface area contributed by atoms with E-state index in [0.29, 0.717) is 19.2 Å². The number of carboxylic acid groups (broad SMARTS) is 3. The van der Waals surface area contributed by atoms with Gasteiger partial charge in [0.1, 0.15) is 11.8 Å². The first-order valence-corrected chi connectivity index (χ1v) is 12.9. The summed E-state index contributed by atoms with van der Waals surface area (Å²) in [5, 5.41) is 42.4. The summed E-state index contributed by atoms with van der Waals surface area (Å²) in [6.45, 7) is 0.627. The molecule has 0 saturated carbocycles. The summed E-state index contributed by atoms with van der Waals surface area (Å²) >= 11 is 0. The molecule has 23 heteroatoms. The lowest BCUT2D eigenvalue weighted by atomic mass is 10.2. The molecule has 0 aliphatic heterocycles. The van der Waals surface area contributed by atoms with Crippen LogP contribution in [0.25, 0.3) is 0 Å². The maximum Gasteiger partial charge on any atom is 0.491 e. The summed E-state index contributed by atoms with van der Waals surface area (Å²) in [7, 11) is 1.00. The minimum atomic E-state index is -5.09. The maximum atomic E-state index is 11.8. The average Bonchev–Trinajstić information content (AvgIpc) is 3.08. The average molecular weight is 737 g/mol. The van der Waals surface area contributed by atoms with Gasteiger partial charge < -0.3 is 36.2 Å². The van der Waals surface area contributed by atoms with E-state index in [2.05, 4.69) is 19.7 Å². The van der Waals surface area contributed by atoms with E-state index < -0.39 is 54.7 Å². The number of aliphatic hydroxyl groups is 1. The molecule has 0 bridgehead atoms. The van der Waals surface area contributed by atoms with Gasteiger partial charge in [-0.3, -0.25) is 19.6 Å². The highest BCUT2D eigenvalue weighted by Crippen LogP contribution is 2.16. The van der Waals surface area contributed by atoms with Gasteiger partial charge >= 0.3 is 48.1 Å². The van der Waals surface area contributed by atoms with Crippen molar-refractivity contribution in [2.45, 2.75) is 32.4 Å². The van der Waals surface area contributed by atoms with E-state index in [0.717, 1.165) is 19.5 Å². The van der Waals surface area contributed by atoms with Gasteiger partial charge in [0.05, 0.1) is 34.6 Å². The van der Waals surface area contributed by atoms with E-state index in [1.165, 1.54) is 36.5 Å². The van der Waals surface area contributed by atoms with Crippen molar-refractivity contribution in [2.24, 2.45) is 5.73 Å². The zero-order valence-electron chi connectivity index (χ0n) is 25.9. The topological polar surface area (TPSA) is 293 Å². The van der Waals surface area contributed by atoms with Crippen LogP contribution in [0, 0.1) is 11.3 Å². The molecule has 0 aliphatic rings. The molecule has 7 N–H and O–H groups in total. The quantitative estimate of drug-likeness (QED) is 0.120. The Labute approximate surface area is 282 Å². The monoisotopic (exact) mass is 736 g/mol. The number of nitrogens with two attached hydrogens (primary N) is 1. The van der Waals surface area contributed by atoms with Crippen LogP contribution in [0.2, 0.25) is 0 Å². The highest BCUT2D eigenvalue weighted by atomic mass is 19.4. The van der Waals surface area contributed by atoms with Gasteiger partial charge in [-0.2, -0.15) is 31.6 Å². The number of hydrogen-bond donors (Lipinski definition) is 6. The second-order valence-corrected chi connectivity index (χ2v) is 8.30. The number of ether oxygens (including phenoxy) is 1. The Morgan fingerprint density at radius 3 is 1.41 bits per heavy atom. The Morgan fingerprint density at radius 1 is 0.745 bits per heavy atom. The van der Waals surface area contributed by atoms with Crippen LogP contribution in [0.15, 0.2) is 55.0 Å². The number of carbonyl (C=O) groups excluding carboxylic acids is 3. The van der Waals surface area contributed by atoms with E-state index in [9.17, 15) is 55.1 Å². The summed E-state index contributed by atoms with van der Waals surface area (Å²) in [4.78, 5) is 72.0. The van der Waals surface area contributed by atoms with Crippen molar-refractivity contribution in [2.75, 3.05) is 7.11 Å². The fourth-order valence-corrected chi connectivity index (χ4v) is 2.37. The third-order valence-electron chi connectivity index (χ3n) is 4.63. The second kappa shape index (κ2) is 22.9. The lowest BCUT2D eigenvalue weighted by Crippen LogP contribution is -2.36. The van der Waals surface area contributed by atoms with Crippen LogP contribution in [-0.2, 0) is 32.2 Å². The molecular formula is C28H26F6N6O11. The van der Waals surface area contributed by atoms with Gasteiger partial charge in [-0.1, -0.05) is 0 Å². The molecule has 0 saturated heterocycles. The molecule has 0 fully saturated rings. The molecule has 0 unspecified atom stereocenters. The molecule has 3 aromatic rings. The zero-order valence-corrected chi connectivity index (χ0v) is 25.9. The van der Waals surface area contributed by atoms with Gasteiger partial charge in [-0.05, 0) is 36.4 Å². The van der Waals surface area contributed by atoms with Crippen LogP contribution in [0.4, 0.5) is 26.3 Å². The van der Waals surface area contributed by atoms with Crippen molar-refractivity contribution in [1.82, 2.24) is 20.3 Å². The number of pyridine rings is 3. The molecule has 0 atom stereocenters. The number of amides is 1. The number of aliphatic hydroxyl groups excluding tert-OH is 1. The van der Waals surface area contributed by atoms with Gasteiger partial charge in [-0.15, -0.1) is 0 Å². The predicted molar refractivity (Wildman–Crippen MR) is 155 cm³/mol. The largest absolute Gasteiger partial charge is 0.491 e. The van der Waals surface area contributed by atoms with Crippen LogP contribution >= 0.6 is 0 Å². The number of nitriles is 1. The highest BCUT2D eigenvalue weighted by Gasteiger charge is 2.42. The highest BCUT2D eigenvalue weighted by molar-refractivity contribution is 5.88. The molecule has 0 radical (unpaired) electrons. The fraction of sp³-hybridized carbons (Fsp3) is 0.214. The maximum absolute atomic E-state index is 11.8. The normalized spacial score (nSPS) is 9.82. The van der Waals surface area contributed by atoms with E-state index >= 15 is 0 Å². The van der Waals surface area contributed by atoms with Gasteiger partial charge in [0.2, 0.25) is 0 Å². The van der Waals surface area contributed by atoms with Crippen molar-refractivity contribution < 1.29 is 80.3 Å². The van der Waals surface area contributed by atoms with E-state index in [1.54, 1.807) is 17.5 Å². The third-order valence-corrected chi connectivity index (χ3v) is 4.63. The smallest absolute Gasteiger partial charge is 0.478 e. The van der Waals surface area contributed by atoms with Gasteiger partial charge in [-0.25, -0.2) is 24.2 Å². The van der Waals surface area contributed by atoms with E-state index in [1.807, 2.05) is 0 Å². The standard InChI is InChI=1S/C9H7F3N2O3.C7H8N2O2.C7H4N2O2.C4H3F3O3.CH4O/c10-9(11,12)8(17)14-4-6-2-1-5(3-13-6)7(15)16;2*8-3-6-2-1-5(4-9-6)7(10)11;1-2(8)10-3(9)4(5,6)7;1-2/h1-3H,4H2,(H,14,17)(H,15,16);1-2,4H,3,8H2,(H,10,11);1-2,4H,(H,10,11);1H3;2H,1H3. The van der Waals surface area contributed by atoms with Crippen molar-refractivity contribution in [3.05, 3.63) is 88.8 Å². The number of hydrogen-bond acceptors (Lipinski definition) is 13. The molecule has 0 aromatic carbocycles. The SMILES string of the molecule is CC(=O)OC(=O)C(F)(F)F.CO.N#Cc1ccc(C(=O)O)cn1.NCc1ccc(C(=O)O)cn1.O=C(O)c1ccc(CNC(=O)C(F)(F)F)nc1. The Kier molecular flexibility index (Phi) is 20.9. The Bertz CT molecular complexity index is 1650. The summed E-state index contributed by atoms with van der Waals surface area (Å²) in [5.74, 6) is -9.03. The molecule has 0 aliphatic carbocycles. The Hall–Kier alpha value is -6.54. The first kappa shape index (κ1) is 46.6. The zero-order chi connectivity index (χ0) is 39.9. The summed E-state index contributed by atoms with van der Waals surface area (Å²) in [6, 6.07) is 9.99. The number of alkyl halides is 6. The number of nitrogens with one attached hydrogen (secondary N) is 1. The lowest BCUT2D eigenvalue weighted by molar-refractivity contribution is -0.201. The number of rotatable bonds is 6. The molecule has 3 heterocycles. The molecular weight excluding hydrogens is 710 g/mol. The summed E-state index contributed by atoms with van der Waals surface area (Å²) in [6.07, 6.45) is -6.59. The molecule has 3 rings (SSSR count). The predicted octanol–water partition coefficient (Wildman–Crippen LogP) is 2.10. The third kappa shape index (κ3) is 20.4. The number of nitrogens with zero attached hydrogens (tertiary/aromatic N) is 4. The number of carbonyl (C=O) groups is 6. The molecule has 0 spiro atoms. The van der Waals surface area contributed by atoms with Crippen LogP contribution in [-0.4, -0.2) is 90.6 Å². The van der Waals surface area contributed by atoms with Crippen molar-refractivity contribution >= 4 is 35.8 Å². The van der Waals surface area contributed by atoms with E-state index in [-0.39, 0.29) is 28.1 Å². The van der Waals surface area contributed by atoms with Crippen molar-refractivity contribution in [1.29, 1.82) is 5.26 Å². The van der Waals surface area contributed by atoms with E-state index in [4.69, 9.17) is 31.4 Å². The number of aromatic nitrogens is 3. The molecule has 51 heavy (non-hydrogen) atoms. The minimum Gasteiger partial charge on any atom is -0.478 e. The van der Waals surface area contributed by atoms with Gasteiger partial charge in [0.15, 0.2) is 0 Å². The van der Waals surface area contributed by atoms with Crippen LogP contribution < -0.4 is 11.1 Å². The minimum absolute atomic E-state index is 0.0870. The summed E-state index contributed by atoms with van der Waals surface area (Å²) in [5.41, 5.74) is 6.49.